The molecule has 1 nitrogen and oxygen atoms in total. The van der Waals surface area contributed by atoms with E-state index in [2.05, 4.69) is 6.92 Å². The van der Waals surface area contributed by atoms with Crippen molar-refractivity contribution in [1.29, 1.82) is 0 Å². The maximum atomic E-state index is 8.92. The molecule has 0 spiro atoms. The Balaban J connectivity index is 1.62. The molecule has 0 unspecified atom stereocenters. The highest BCUT2D eigenvalue weighted by Gasteiger charge is 2.52. The molecule has 0 aromatic carbocycles. The summed E-state index contributed by atoms with van der Waals surface area (Å²) in [7, 11) is 0. The van der Waals surface area contributed by atoms with Gasteiger partial charge in [0.05, 0.1) is 0 Å². The fourth-order valence-corrected chi connectivity index (χ4v) is 2.60. The minimum atomic E-state index is 0.446. The van der Waals surface area contributed by atoms with Crippen LogP contribution in [0.25, 0.3) is 0 Å². The zero-order valence-electron chi connectivity index (χ0n) is 8.00. The summed E-state index contributed by atoms with van der Waals surface area (Å²) in [5, 5.41) is 8.92. The van der Waals surface area contributed by atoms with E-state index in [1.54, 1.807) is 0 Å². The van der Waals surface area contributed by atoms with E-state index in [9.17, 15) is 0 Å². The van der Waals surface area contributed by atoms with Gasteiger partial charge in [-0.3, -0.25) is 0 Å². The smallest absolute Gasteiger partial charge is 0.0462 e. The van der Waals surface area contributed by atoms with Crippen LogP contribution < -0.4 is 0 Å². The molecule has 1 N–H and O–H groups in total. The van der Waals surface area contributed by atoms with Crippen LogP contribution in [0.5, 0.6) is 0 Å². The first kappa shape index (κ1) is 8.55. The molecule has 2 saturated carbocycles. The summed E-state index contributed by atoms with van der Waals surface area (Å²) in [4.78, 5) is 0. The van der Waals surface area contributed by atoms with Crippen LogP contribution in [0.2, 0.25) is 0 Å². The van der Waals surface area contributed by atoms with Crippen molar-refractivity contribution in [3.8, 4) is 0 Å². The van der Waals surface area contributed by atoms with Gasteiger partial charge >= 0.3 is 0 Å². The van der Waals surface area contributed by atoms with E-state index in [0.717, 1.165) is 17.8 Å². The van der Waals surface area contributed by atoms with Crippen LogP contribution in [-0.4, -0.2) is 11.7 Å². The Labute approximate surface area is 75.2 Å². The lowest BCUT2D eigenvalue weighted by Gasteiger charge is -1.96. The molecule has 0 bridgehead atoms. The van der Waals surface area contributed by atoms with Gasteiger partial charge in [-0.15, -0.1) is 0 Å². The Kier molecular flexibility index (Phi) is 2.40. The minimum Gasteiger partial charge on any atom is -0.396 e. The van der Waals surface area contributed by atoms with Crippen LogP contribution in [0.3, 0.4) is 0 Å². The van der Waals surface area contributed by atoms with Crippen molar-refractivity contribution < 1.29 is 5.11 Å². The molecule has 0 aliphatic heterocycles. The van der Waals surface area contributed by atoms with Crippen molar-refractivity contribution in [1.82, 2.24) is 0 Å². The molecule has 70 valence electrons. The van der Waals surface area contributed by atoms with Gasteiger partial charge in [-0.2, -0.15) is 0 Å². The lowest BCUT2D eigenvalue weighted by atomic mass is 10.1. The zero-order chi connectivity index (χ0) is 8.55. The first-order chi connectivity index (χ1) is 5.86. The molecule has 2 rings (SSSR count). The maximum Gasteiger partial charge on any atom is 0.0462 e. The van der Waals surface area contributed by atoms with Gasteiger partial charge in [0.25, 0.3) is 0 Å². The standard InChI is InChI=1S/C11H20O/c1-2-3-4-8-5-10(8)11-6-9(11)7-12/h8-12H,2-7H2,1H3/t8-,9+,10-,11+/m1/s1. The van der Waals surface area contributed by atoms with E-state index in [1.807, 2.05) is 0 Å². The first-order valence-electron chi connectivity index (χ1n) is 5.47. The second-order valence-electron chi connectivity index (χ2n) is 4.64. The van der Waals surface area contributed by atoms with E-state index in [1.165, 1.54) is 32.1 Å². The van der Waals surface area contributed by atoms with Gasteiger partial charge in [-0.25, -0.2) is 0 Å². The van der Waals surface area contributed by atoms with E-state index >= 15 is 0 Å². The predicted octanol–water partition coefficient (Wildman–Crippen LogP) is 2.44. The third-order valence-corrected chi connectivity index (χ3v) is 3.67. The summed E-state index contributed by atoms with van der Waals surface area (Å²) in [6, 6.07) is 0. The Morgan fingerprint density at radius 1 is 1.17 bits per heavy atom. The minimum absolute atomic E-state index is 0.446. The molecular formula is C11H20O. The van der Waals surface area contributed by atoms with E-state index in [0.29, 0.717) is 12.5 Å². The van der Waals surface area contributed by atoms with E-state index in [4.69, 9.17) is 5.11 Å². The Morgan fingerprint density at radius 3 is 2.42 bits per heavy atom. The molecule has 0 aromatic rings. The van der Waals surface area contributed by atoms with Gasteiger partial charge < -0.3 is 5.11 Å². The molecule has 2 aliphatic carbocycles. The largest absolute Gasteiger partial charge is 0.396 e. The van der Waals surface area contributed by atoms with Crippen LogP contribution in [0, 0.1) is 23.7 Å². The van der Waals surface area contributed by atoms with Crippen molar-refractivity contribution in [3.05, 3.63) is 0 Å². The summed E-state index contributed by atoms with van der Waals surface area (Å²) < 4.78 is 0. The molecule has 1 heteroatoms. The van der Waals surface area contributed by atoms with Crippen LogP contribution in [0.4, 0.5) is 0 Å². The molecule has 0 amide bonds. The first-order valence-corrected chi connectivity index (χ1v) is 5.47. The number of unbranched alkanes of at least 4 members (excludes halogenated alkanes) is 1. The Bertz CT molecular complexity index is 155. The van der Waals surface area contributed by atoms with Gasteiger partial charge in [0.15, 0.2) is 0 Å². The number of aliphatic hydroxyl groups is 1. The topological polar surface area (TPSA) is 20.2 Å². The van der Waals surface area contributed by atoms with Gasteiger partial charge in [0, 0.05) is 6.61 Å². The maximum absolute atomic E-state index is 8.92. The zero-order valence-corrected chi connectivity index (χ0v) is 8.00. The quantitative estimate of drug-likeness (QED) is 0.668. The second-order valence-corrected chi connectivity index (χ2v) is 4.64. The van der Waals surface area contributed by atoms with Crippen molar-refractivity contribution in [2.45, 2.75) is 39.0 Å². The van der Waals surface area contributed by atoms with Crippen molar-refractivity contribution >= 4 is 0 Å². The van der Waals surface area contributed by atoms with Crippen molar-refractivity contribution in [3.63, 3.8) is 0 Å². The fourth-order valence-electron chi connectivity index (χ4n) is 2.60. The fraction of sp³-hybridized carbons (Fsp3) is 1.00. The summed E-state index contributed by atoms with van der Waals surface area (Å²) in [5.41, 5.74) is 0. The van der Waals surface area contributed by atoms with E-state index in [-0.39, 0.29) is 0 Å². The Hall–Kier alpha value is -0.0400. The van der Waals surface area contributed by atoms with Crippen LogP contribution in [0.15, 0.2) is 0 Å². The average Bonchev–Trinajstić information content (AvgIpc) is 2.94. The van der Waals surface area contributed by atoms with Crippen LogP contribution in [0.1, 0.15) is 39.0 Å². The normalized spacial score (nSPS) is 44.5. The summed E-state index contributed by atoms with van der Waals surface area (Å²) in [6.07, 6.45) is 7.01. The summed E-state index contributed by atoms with van der Waals surface area (Å²) in [6.45, 7) is 2.71. The van der Waals surface area contributed by atoms with Crippen molar-refractivity contribution in [2.24, 2.45) is 23.7 Å². The van der Waals surface area contributed by atoms with Gasteiger partial charge in [-0.1, -0.05) is 26.2 Å². The molecule has 4 atom stereocenters. The molecule has 12 heavy (non-hydrogen) atoms. The van der Waals surface area contributed by atoms with Gasteiger partial charge in [0.1, 0.15) is 0 Å². The predicted molar refractivity (Wildman–Crippen MR) is 49.8 cm³/mol. The average molecular weight is 168 g/mol. The summed E-state index contributed by atoms with van der Waals surface area (Å²) in [5.74, 6) is 3.69. The molecule has 0 heterocycles. The van der Waals surface area contributed by atoms with Crippen LogP contribution in [-0.2, 0) is 0 Å². The molecule has 0 aromatic heterocycles. The van der Waals surface area contributed by atoms with Gasteiger partial charge in [-0.05, 0) is 36.5 Å². The lowest BCUT2D eigenvalue weighted by molar-refractivity contribution is 0.265. The SMILES string of the molecule is CCCC[C@@H]1C[C@H]1[C@H]1C[C@H]1CO. The Morgan fingerprint density at radius 2 is 1.83 bits per heavy atom. The number of hydrogen-bond donors (Lipinski definition) is 1. The molecule has 0 radical (unpaired) electrons. The third kappa shape index (κ3) is 1.66. The highest BCUT2D eigenvalue weighted by molar-refractivity contribution is 5.01. The second kappa shape index (κ2) is 3.37. The monoisotopic (exact) mass is 168 g/mol. The van der Waals surface area contributed by atoms with Crippen LogP contribution >= 0.6 is 0 Å². The number of aliphatic hydroxyl groups excluding tert-OH is 1. The highest BCUT2D eigenvalue weighted by Crippen LogP contribution is 2.59. The molecule has 2 aliphatic rings. The van der Waals surface area contributed by atoms with Gasteiger partial charge in [0.2, 0.25) is 0 Å². The number of rotatable bonds is 5. The molecule has 0 saturated heterocycles. The molecule has 2 fully saturated rings. The third-order valence-electron chi connectivity index (χ3n) is 3.67. The van der Waals surface area contributed by atoms with Crippen molar-refractivity contribution in [2.75, 3.05) is 6.61 Å². The van der Waals surface area contributed by atoms with E-state index < -0.39 is 0 Å². The lowest BCUT2D eigenvalue weighted by Crippen LogP contribution is -1.92. The molecular weight excluding hydrogens is 148 g/mol. The summed E-state index contributed by atoms with van der Waals surface area (Å²) >= 11 is 0. The number of hydrogen-bond acceptors (Lipinski definition) is 1. The highest BCUT2D eigenvalue weighted by atomic mass is 16.3.